The molecule has 0 saturated heterocycles. The molecule has 1 aliphatic heterocycles. The number of pyridine rings is 2. The van der Waals surface area contributed by atoms with E-state index in [1.165, 1.54) is 29.0 Å². The van der Waals surface area contributed by atoms with E-state index in [2.05, 4.69) is 10.3 Å². The summed E-state index contributed by atoms with van der Waals surface area (Å²) in [6.45, 7) is 1.95. The molecule has 0 spiro atoms. The fourth-order valence-corrected chi connectivity index (χ4v) is 4.23. The second-order valence-corrected chi connectivity index (χ2v) is 8.37. The molecule has 9 heteroatoms. The summed E-state index contributed by atoms with van der Waals surface area (Å²) in [6.07, 6.45) is 0.0827. The van der Waals surface area contributed by atoms with Crippen LogP contribution in [0.3, 0.4) is 0 Å². The van der Waals surface area contributed by atoms with E-state index in [0.29, 0.717) is 33.3 Å². The number of carbonyl (C=O) groups excluding carboxylic acids is 1. The van der Waals surface area contributed by atoms with Crippen molar-refractivity contribution in [3.63, 3.8) is 0 Å². The van der Waals surface area contributed by atoms with Gasteiger partial charge in [-0.15, -0.1) is 0 Å². The van der Waals surface area contributed by atoms with Gasteiger partial charge in [-0.3, -0.25) is 19.1 Å². The van der Waals surface area contributed by atoms with Gasteiger partial charge in [0.25, 0.3) is 11.5 Å². The minimum absolute atomic E-state index is 0.126. The number of nitrogens with one attached hydrogen (secondary N) is 1. The molecule has 182 valence electrons. The minimum Gasteiger partial charge on any atom is -0.496 e. The first kappa shape index (κ1) is 23.3. The Labute approximate surface area is 203 Å². The van der Waals surface area contributed by atoms with Gasteiger partial charge in [-0.2, -0.15) is 13.2 Å². The van der Waals surface area contributed by atoms with Gasteiger partial charge in [0.2, 0.25) is 0 Å². The molecule has 1 atom stereocenters. The van der Waals surface area contributed by atoms with E-state index in [-0.39, 0.29) is 24.2 Å². The molecule has 1 N–H and O–H groups in total. The molecule has 0 fully saturated rings. The summed E-state index contributed by atoms with van der Waals surface area (Å²) in [5.41, 5.74) is 1.56. The van der Waals surface area contributed by atoms with Crippen LogP contribution in [0.5, 0.6) is 0 Å². The number of carbonyl (C=O) groups is 1. The average Bonchev–Trinajstić information content (AvgIpc) is 2.89. The lowest BCUT2D eigenvalue weighted by atomic mass is 9.99. The monoisotopic (exact) mass is 491 g/mol. The van der Waals surface area contributed by atoms with Gasteiger partial charge in [0.1, 0.15) is 6.61 Å². The van der Waals surface area contributed by atoms with E-state index in [9.17, 15) is 22.8 Å². The van der Waals surface area contributed by atoms with Gasteiger partial charge in [-0.1, -0.05) is 6.07 Å². The highest BCUT2D eigenvalue weighted by molar-refractivity contribution is 5.99. The molecule has 5 rings (SSSR count). The molecule has 3 heterocycles. The van der Waals surface area contributed by atoms with Crippen molar-refractivity contribution < 1.29 is 22.7 Å². The van der Waals surface area contributed by atoms with Crippen molar-refractivity contribution in [1.29, 1.82) is 0 Å². The summed E-state index contributed by atoms with van der Waals surface area (Å²) < 4.78 is 46.0. The predicted molar refractivity (Wildman–Crippen MR) is 128 cm³/mol. The van der Waals surface area contributed by atoms with Crippen LogP contribution in [0.4, 0.5) is 13.2 Å². The number of ether oxygens (including phenoxy) is 1. The van der Waals surface area contributed by atoms with Crippen molar-refractivity contribution in [2.24, 2.45) is 0 Å². The normalized spacial score (nSPS) is 13.7. The number of amides is 1. The lowest BCUT2D eigenvalue weighted by molar-refractivity contribution is -0.137. The quantitative estimate of drug-likeness (QED) is 0.415. The molecule has 0 saturated carbocycles. The zero-order valence-electron chi connectivity index (χ0n) is 19.0. The SMILES string of the molecule is C[C@H](NC(=O)c1ccc2c(c1)c1c(c(=O)n2-c2ccc(C(F)(F)F)cc2)C=COC1)c1ccccn1. The lowest BCUT2D eigenvalue weighted by Gasteiger charge is -2.20. The fraction of sp³-hybridized carbons (Fsp3) is 0.148. The molecule has 0 bridgehead atoms. The first-order valence-corrected chi connectivity index (χ1v) is 11.1. The first-order chi connectivity index (χ1) is 17.2. The molecule has 4 aromatic rings. The van der Waals surface area contributed by atoms with Crippen LogP contribution >= 0.6 is 0 Å². The number of rotatable bonds is 4. The first-order valence-electron chi connectivity index (χ1n) is 11.1. The summed E-state index contributed by atoms with van der Waals surface area (Å²) in [6, 6.07) is 14.4. The van der Waals surface area contributed by atoms with Gasteiger partial charge in [-0.25, -0.2) is 0 Å². The Morgan fingerprint density at radius 3 is 2.58 bits per heavy atom. The maximum Gasteiger partial charge on any atom is 0.416 e. The molecule has 0 unspecified atom stereocenters. The molecule has 1 amide bonds. The van der Waals surface area contributed by atoms with Crippen molar-refractivity contribution in [3.8, 4) is 5.69 Å². The molecule has 36 heavy (non-hydrogen) atoms. The topological polar surface area (TPSA) is 73.2 Å². The van der Waals surface area contributed by atoms with Gasteiger partial charge in [0, 0.05) is 28.4 Å². The second-order valence-electron chi connectivity index (χ2n) is 8.37. The highest BCUT2D eigenvalue weighted by Gasteiger charge is 2.30. The summed E-state index contributed by atoms with van der Waals surface area (Å²) in [5, 5.41) is 3.50. The van der Waals surface area contributed by atoms with E-state index in [0.717, 1.165) is 12.1 Å². The Bertz CT molecular complexity index is 1540. The van der Waals surface area contributed by atoms with Crippen molar-refractivity contribution in [2.45, 2.75) is 25.7 Å². The van der Waals surface area contributed by atoms with Crippen LogP contribution in [-0.4, -0.2) is 15.5 Å². The van der Waals surface area contributed by atoms with E-state index in [1.807, 2.05) is 19.1 Å². The summed E-state index contributed by atoms with van der Waals surface area (Å²) >= 11 is 0. The minimum atomic E-state index is -4.49. The zero-order chi connectivity index (χ0) is 25.4. The molecule has 2 aromatic carbocycles. The Morgan fingerprint density at radius 2 is 1.89 bits per heavy atom. The number of benzene rings is 2. The van der Waals surface area contributed by atoms with Gasteiger partial charge in [0.05, 0.1) is 34.6 Å². The number of halogens is 3. The van der Waals surface area contributed by atoms with E-state index in [1.54, 1.807) is 30.5 Å². The van der Waals surface area contributed by atoms with Crippen molar-refractivity contribution in [1.82, 2.24) is 14.9 Å². The third-order valence-corrected chi connectivity index (χ3v) is 6.07. The average molecular weight is 491 g/mol. The highest BCUT2D eigenvalue weighted by Crippen LogP contribution is 2.31. The second kappa shape index (κ2) is 8.99. The van der Waals surface area contributed by atoms with Gasteiger partial charge in [-0.05, 0) is 67.6 Å². The number of hydrogen-bond donors (Lipinski definition) is 1. The number of alkyl halides is 3. The predicted octanol–water partition coefficient (Wildman–Crippen LogP) is 5.40. The number of aromatic nitrogens is 2. The van der Waals surface area contributed by atoms with Crippen molar-refractivity contribution in [2.75, 3.05) is 0 Å². The van der Waals surface area contributed by atoms with Crippen LogP contribution in [0.25, 0.3) is 22.7 Å². The van der Waals surface area contributed by atoms with E-state index >= 15 is 0 Å². The fourth-order valence-electron chi connectivity index (χ4n) is 4.23. The van der Waals surface area contributed by atoms with Crippen LogP contribution in [0.1, 0.15) is 45.7 Å². The third kappa shape index (κ3) is 4.24. The Balaban J connectivity index is 1.61. The van der Waals surface area contributed by atoms with Gasteiger partial charge in [0.15, 0.2) is 0 Å². The van der Waals surface area contributed by atoms with Crippen LogP contribution in [0, 0.1) is 0 Å². The maximum atomic E-state index is 13.4. The summed E-state index contributed by atoms with van der Waals surface area (Å²) in [4.78, 5) is 30.7. The van der Waals surface area contributed by atoms with E-state index in [4.69, 9.17) is 4.74 Å². The Morgan fingerprint density at radius 1 is 1.11 bits per heavy atom. The van der Waals surface area contributed by atoms with E-state index < -0.39 is 17.3 Å². The molecular weight excluding hydrogens is 471 g/mol. The van der Waals surface area contributed by atoms with Crippen LogP contribution < -0.4 is 10.9 Å². The molecule has 2 aromatic heterocycles. The molecule has 0 radical (unpaired) electrons. The van der Waals surface area contributed by atoms with Gasteiger partial charge >= 0.3 is 6.18 Å². The highest BCUT2D eigenvalue weighted by atomic mass is 19.4. The Hall–Kier alpha value is -4.40. The smallest absolute Gasteiger partial charge is 0.416 e. The number of nitrogens with zero attached hydrogens (tertiary/aromatic N) is 2. The van der Waals surface area contributed by atoms with Crippen LogP contribution in [-0.2, 0) is 17.5 Å². The lowest BCUT2D eigenvalue weighted by Crippen LogP contribution is -2.28. The summed E-state index contributed by atoms with van der Waals surface area (Å²) in [7, 11) is 0. The standard InChI is InChI=1S/C27H20F3N3O3/c1-16(23-4-2-3-12-31-23)32-25(34)17-5-10-24-21(14-17)22-15-36-13-11-20(22)26(35)33(24)19-8-6-18(7-9-19)27(28,29)30/h2-14,16H,15H2,1H3,(H,32,34)/t16-/m0/s1. The Kier molecular flexibility index (Phi) is 5.83. The number of hydrogen-bond acceptors (Lipinski definition) is 4. The molecule has 1 aliphatic rings. The van der Waals surface area contributed by atoms with Gasteiger partial charge < -0.3 is 10.1 Å². The van der Waals surface area contributed by atoms with Crippen molar-refractivity contribution >= 4 is 22.9 Å². The molecule has 6 nitrogen and oxygen atoms in total. The zero-order valence-corrected chi connectivity index (χ0v) is 19.0. The molecule has 0 aliphatic carbocycles. The van der Waals surface area contributed by atoms with Crippen molar-refractivity contribution in [3.05, 3.63) is 111 Å². The molecular formula is C27H20F3N3O3. The van der Waals surface area contributed by atoms with Crippen LogP contribution in [0.15, 0.2) is 77.9 Å². The largest absolute Gasteiger partial charge is 0.496 e. The maximum absolute atomic E-state index is 13.4. The third-order valence-electron chi connectivity index (χ3n) is 6.07. The summed E-state index contributed by atoms with van der Waals surface area (Å²) in [5.74, 6) is -0.330. The van der Waals surface area contributed by atoms with Crippen LogP contribution in [0.2, 0.25) is 0 Å². The number of fused-ring (bicyclic) bond motifs is 3.